The molecule has 0 aromatic carbocycles. The van der Waals surface area contributed by atoms with Gasteiger partial charge in [0.05, 0.1) is 0 Å². The summed E-state index contributed by atoms with van der Waals surface area (Å²) in [6, 6.07) is 11.2. The van der Waals surface area contributed by atoms with Gasteiger partial charge in [-0.1, -0.05) is 6.07 Å². The molecule has 0 atom stereocenters. The minimum absolute atomic E-state index is 0.288. The minimum Gasteiger partial charge on any atom is -0.368 e. The number of halogens is 1. The van der Waals surface area contributed by atoms with Crippen LogP contribution in [-0.2, 0) is 5.41 Å². The molecule has 1 N–H and O–H groups in total. The molecule has 0 unspecified atom stereocenters. The Morgan fingerprint density at radius 2 is 1.76 bits per heavy atom. The van der Waals surface area contributed by atoms with Crippen LogP contribution in [0, 0.1) is 0 Å². The second-order valence-electron chi connectivity index (χ2n) is 6.23. The Bertz CT molecular complexity index is 819. The van der Waals surface area contributed by atoms with Gasteiger partial charge in [0.1, 0.15) is 17.7 Å². The van der Waals surface area contributed by atoms with Crippen molar-refractivity contribution in [3.8, 4) is 11.5 Å². The molecule has 1 saturated carbocycles. The standard InChI is InChI=1S/C18H17FN6/c19-13-10-18(11-13,15-4-1-2-7-20-15)12-23-16-6-5-14(24-25-16)17-21-8-3-9-22-17/h1-9,13H,10-12H2,(H,23,25). The van der Waals surface area contributed by atoms with E-state index in [0.29, 0.717) is 36.7 Å². The van der Waals surface area contributed by atoms with Crippen molar-refractivity contribution >= 4 is 5.82 Å². The highest BCUT2D eigenvalue weighted by Gasteiger charge is 2.46. The van der Waals surface area contributed by atoms with Crippen LogP contribution in [-0.4, -0.2) is 37.9 Å². The Morgan fingerprint density at radius 3 is 2.40 bits per heavy atom. The monoisotopic (exact) mass is 336 g/mol. The molecule has 0 radical (unpaired) electrons. The van der Waals surface area contributed by atoms with Crippen LogP contribution in [0.2, 0.25) is 0 Å². The molecule has 1 aliphatic rings. The lowest BCUT2D eigenvalue weighted by Crippen LogP contribution is -2.48. The SMILES string of the molecule is FC1CC(CNc2ccc(-c3ncccn3)nn2)(c2ccccn2)C1. The number of nitrogens with zero attached hydrogens (tertiary/aromatic N) is 5. The number of hydrogen-bond donors (Lipinski definition) is 1. The van der Waals surface area contributed by atoms with Gasteiger partial charge in [-0.05, 0) is 43.2 Å². The van der Waals surface area contributed by atoms with Crippen molar-refractivity contribution in [2.75, 3.05) is 11.9 Å². The molecule has 0 aliphatic heterocycles. The third-order valence-corrected chi connectivity index (χ3v) is 4.50. The fraction of sp³-hybridized carbons (Fsp3) is 0.278. The summed E-state index contributed by atoms with van der Waals surface area (Å²) in [4.78, 5) is 12.7. The lowest BCUT2D eigenvalue weighted by molar-refractivity contribution is 0.0996. The van der Waals surface area contributed by atoms with Crippen molar-refractivity contribution in [3.05, 3.63) is 60.7 Å². The molecule has 3 aromatic rings. The zero-order valence-electron chi connectivity index (χ0n) is 13.5. The van der Waals surface area contributed by atoms with Gasteiger partial charge in [-0.15, -0.1) is 10.2 Å². The summed E-state index contributed by atoms with van der Waals surface area (Å²) >= 11 is 0. The average Bonchev–Trinajstić information content (AvgIpc) is 2.66. The van der Waals surface area contributed by atoms with E-state index in [1.807, 2.05) is 30.3 Å². The Labute approximate surface area is 144 Å². The lowest BCUT2D eigenvalue weighted by Gasteiger charge is -2.43. The molecule has 25 heavy (non-hydrogen) atoms. The Balaban J connectivity index is 1.47. The third kappa shape index (κ3) is 3.17. The van der Waals surface area contributed by atoms with Gasteiger partial charge in [0, 0.05) is 36.2 Å². The second-order valence-corrected chi connectivity index (χ2v) is 6.23. The van der Waals surface area contributed by atoms with Crippen molar-refractivity contribution in [1.82, 2.24) is 25.1 Å². The van der Waals surface area contributed by atoms with E-state index >= 15 is 0 Å². The van der Waals surface area contributed by atoms with Gasteiger partial charge in [-0.3, -0.25) is 4.98 Å². The minimum atomic E-state index is -0.771. The molecule has 0 spiro atoms. The molecule has 3 heterocycles. The van der Waals surface area contributed by atoms with E-state index in [2.05, 4.69) is 30.5 Å². The number of nitrogens with one attached hydrogen (secondary N) is 1. The molecule has 0 bridgehead atoms. The molecule has 126 valence electrons. The first kappa shape index (κ1) is 15.6. The van der Waals surface area contributed by atoms with Crippen molar-refractivity contribution in [1.29, 1.82) is 0 Å². The number of anilines is 1. The van der Waals surface area contributed by atoms with Gasteiger partial charge in [-0.2, -0.15) is 0 Å². The van der Waals surface area contributed by atoms with E-state index < -0.39 is 6.17 Å². The van der Waals surface area contributed by atoms with Crippen molar-refractivity contribution in [3.63, 3.8) is 0 Å². The van der Waals surface area contributed by atoms with Crippen LogP contribution < -0.4 is 5.32 Å². The van der Waals surface area contributed by atoms with Crippen LogP contribution >= 0.6 is 0 Å². The fourth-order valence-electron chi connectivity index (χ4n) is 3.15. The molecule has 0 saturated heterocycles. The molecule has 1 fully saturated rings. The van der Waals surface area contributed by atoms with Crippen molar-refractivity contribution in [2.45, 2.75) is 24.4 Å². The summed E-state index contributed by atoms with van der Waals surface area (Å²) in [6.07, 6.45) is 5.25. The zero-order valence-corrected chi connectivity index (χ0v) is 13.5. The van der Waals surface area contributed by atoms with Crippen molar-refractivity contribution < 1.29 is 4.39 Å². The molecule has 1 aliphatic carbocycles. The quantitative estimate of drug-likeness (QED) is 0.772. The number of pyridine rings is 1. The fourth-order valence-corrected chi connectivity index (χ4v) is 3.15. The van der Waals surface area contributed by atoms with E-state index in [1.54, 1.807) is 24.7 Å². The molecular weight excluding hydrogens is 319 g/mol. The number of aromatic nitrogens is 5. The van der Waals surface area contributed by atoms with Gasteiger partial charge in [0.25, 0.3) is 0 Å². The van der Waals surface area contributed by atoms with E-state index in [1.165, 1.54) is 0 Å². The van der Waals surface area contributed by atoms with Crippen LogP contribution in [0.1, 0.15) is 18.5 Å². The third-order valence-electron chi connectivity index (χ3n) is 4.50. The molecular formula is C18H17FN6. The Hall–Kier alpha value is -2.96. The van der Waals surface area contributed by atoms with Crippen molar-refractivity contribution in [2.24, 2.45) is 0 Å². The van der Waals surface area contributed by atoms with Gasteiger partial charge in [0.15, 0.2) is 5.82 Å². The summed E-state index contributed by atoms with van der Waals surface area (Å²) in [7, 11) is 0. The van der Waals surface area contributed by atoms with E-state index in [4.69, 9.17) is 0 Å². The molecule has 7 heteroatoms. The summed E-state index contributed by atoms with van der Waals surface area (Å²) in [5, 5.41) is 11.6. The molecule has 4 rings (SSSR count). The smallest absolute Gasteiger partial charge is 0.180 e. The van der Waals surface area contributed by atoms with Crippen LogP contribution in [0.15, 0.2) is 55.0 Å². The second kappa shape index (κ2) is 6.51. The molecule has 3 aromatic heterocycles. The normalized spacial score (nSPS) is 22.2. The topological polar surface area (TPSA) is 76.5 Å². The zero-order chi connectivity index (χ0) is 17.1. The maximum Gasteiger partial charge on any atom is 0.180 e. The van der Waals surface area contributed by atoms with Gasteiger partial charge < -0.3 is 5.32 Å². The van der Waals surface area contributed by atoms with Crippen LogP contribution in [0.25, 0.3) is 11.5 Å². The highest BCUT2D eigenvalue weighted by molar-refractivity contribution is 5.50. The van der Waals surface area contributed by atoms with Crippen LogP contribution in [0.4, 0.5) is 10.2 Å². The Morgan fingerprint density at radius 1 is 0.960 bits per heavy atom. The van der Waals surface area contributed by atoms with Crippen LogP contribution in [0.5, 0.6) is 0 Å². The van der Waals surface area contributed by atoms with Gasteiger partial charge in [-0.25, -0.2) is 14.4 Å². The average molecular weight is 336 g/mol. The Kier molecular flexibility index (Phi) is 4.05. The van der Waals surface area contributed by atoms with Gasteiger partial charge in [0.2, 0.25) is 0 Å². The summed E-state index contributed by atoms with van der Waals surface area (Å²) < 4.78 is 13.6. The number of hydrogen-bond acceptors (Lipinski definition) is 6. The van der Waals surface area contributed by atoms with Gasteiger partial charge >= 0.3 is 0 Å². The largest absolute Gasteiger partial charge is 0.368 e. The number of alkyl halides is 1. The predicted molar refractivity (Wildman–Crippen MR) is 91.6 cm³/mol. The molecule has 6 nitrogen and oxygen atoms in total. The maximum absolute atomic E-state index is 13.6. The van der Waals surface area contributed by atoms with E-state index in [0.717, 1.165) is 5.69 Å². The van der Waals surface area contributed by atoms with E-state index in [-0.39, 0.29) is 5.41 Å². The summed E-state index contributed by atoms with van der Waals surface area (Å²) in [5.41, 5.74) is 1.24. The lowest BCUT2D eigenvalue weighted by atomic mass is 9.65. The van der Waals surface area contributed by atoms with E-state index in [9.17, 15) is 4.39 Å². The summed E-state index contributed by atoms with van der Waals surface area (Å²) in [6.45, 7) is 0.570. The maximum atomic E-state index is 13.6. The van der Waals surface area contributed by atoms with Crippen LogP contribution in [0.3, 0.4) is 0 Å². The predicted octanol–water partition coefficient (Wildman–Crippen LogP) is 2.81. The highest BCUT2D eigenvalue weighted by Crippen LogP contribution is 2.44. The first-order chi connectivity index (χ1) is 12.3. The first-order valence-electron chi connectivity index (χ1n) is 8.16. The molecule has 0 amide bonds. The highest BCUT2D eigenvalue weighted by atomic mass is 19.1. The summed E-state index contributed by atoms with van der Waals surface area (Å²) in [5.74, 6) is 1.17. The number of rotatable bonds is 5. The first-order valence-corrected chi connectivity index (χ1v) is 8.16.